The summed E-state index contributed by atoms with van der Waals surface area (Å²) < 4.78 is 0. The van der Waals surface area contributed by atoms with Crippen LogP contribution < -0.4 is 0 Å². The molecular formula is C10H11ClO. The molecule has 2 aliphatic rings. The van der Waals surface area contributed by atoms with E-state index in [1.165, 1.54) is 0 Å². The normalized spacial score (nSPS) is 34.3. The van der Waals surface area contributed by atoms with Gasteiger partial charge in [-0.25, -0.2) is 0 Å². The molecule has 2 atom stereocenters. The number of rotatable bonds is 0. The summed E-state index contributed by atoms with van der Waals surface area (Å²) in [6.45, 7) is 1.97. The summed E-state index contributed by atoms with van der Waals surface area (Å²) in [4.78, 5) is 11.5. The Morgan fingerprint density at radius 2 is 2.33 bits per heavy atom. The van der Waals surface area contributed by atoms with E-state index in [2.05, 4.69) is 0 Å². The van der Waals surface area contributed by atoms with Crippen molar-refractivity contribution in [2.24, 2.45) is 5.92 Å². The van der Waals surface area contributed by atoms with Crippen molar-refractivity contribution in [2.75, 3.05) is 0 Å². The van der Waals surface area contributed by atoms with Crippen LogP contribution in [0.3, 0.4) is 0 Å². The van der Waals surface area contributed by atoms with Gasteiger partial charge in [-0.3, -0.25) is 4.79 Å². The van der Waals surface area contributed by atoms with E-state index >= 15 is 0 Å². The average Bonchev–Trinajstić information content (AvgIpc) is 2.32. The molecule has 0 amide bonds. The zero-order valence-electron chi connectivity index (χ0n) is 7.01. The second-order valence-electron chi connectivity index (χ2n) is 3.51. The van der Waals surface area contributed by atoms with Crippen molar-refractivity contribution in [2.45, 2.75) is 25.1 Å². The largest absolute Gasteiger partial charge is 0.294 e. The summed E-state index contributed by atoms with van der Waals surface area (Å²) in [5, 5.41) is 0.0684. The Morgan fingerprint density at radius 1 is 1.58 bits per heavy atom. The third kappa shape index (κ3) is 1.04. The molecule has 2 unspecified atom stereocenters. The topological polar surface area (TPSA) is 17.1 Å². The highest BCUT2D eigenvalue weighted by atomic mass is 35.5. The molecule has 2 rings (SSSR count). The zero-order valence-corrected chi connectivity index (χ0v) is 7.77. The van der Waals surface area contributed by atoms with Crippen molar-refractivity contribution in [3.63, 3.8) is 0 Å². The maximum atomic E-state index is 11.5. The van der Waals surface area contributed by atoms with Crippen LogP contribution >= 0.6 is 11.6 Å². The summed E-state index contributed by atoms with van der Waals surface area (Å²) in [5.41, 5.74) is 2.05. The minimum Gasteiger partial charge on any atom is -0.294 e. The van der Waals surface area contributed by atoms with Crippen LogP contribution in [0.5, 0.6) is 0 Å². The van der Waals surface area contributed by atoms with Crippen LogP contribution in [0.1, 0.15) is 19.8 Å². The predicted octanol–water partition coefficient (Wildman–Crippen LogP) is 2.46. The zero-order chi connectivity index (χ0) is 8.72. The lowest BCUT2D eigenvalue weighted by molar-refractivity contribution is -0.117. The van der Waals surface area contributed by atoms with Gasteiger partial charge < -0.3 is 0 Å². The highest BCUT2D eigenvalue weighted by molar-refractivity contribution is 6.24. The van der Waals surface area contributed by atoms with Crippen molar-refractivity contribution >= 4 is 17.4 Å². The standard InChI is InChI=1S/C10H11ClO/c1-6-5-8-7(10(6)12)3-2-4-9(8)11/h2-3,6,9H,4-5H2,1H3. The van der Waals surface area contributed by atoms with Crippen molar-refractivity contribution in [3.8, 4) is 0 Å². The van der Waals surface area contributed by atoms with E-state index in [1.807, 2.05) is 19.1 Å². The lowest BCUT2D eigenvalue weighted by Gasteiger charge is -2.13. The highest BCUT2D eigenvalue weighted by Gasteiger charge is 2.32. The monoisotopic (exact) mass is 182 g/mol. The van der Waals surface area contributed by atoms with Crippen LogP contribution in [0.2, 0.25) is 0 Å². The molecule has 0 radical (unpaired) electrons. The first-order valence-electron chi connectivity index (χ1n) is 4.28. The number of Topliss-reactive ketones (excluding diaryl/α,β-unsaturated/α-hetero) is 1. The molecule has 12 heavy (non-hydrogen) atoms. The fourth-order valence-corrected chi connectivity index (χ4v) is 2.20. The van der Waals surface area contributed by atoms with Crippen LogP contribution in [0.15, 0.2) is 23.3 Å². The van der Waals surface area contributed by atoms with Crippen LogP contribution in [-0.4, -0.2) is 11.2 Å². The number of ketones is 1. The molecule has 0 aliphatic heterocycles. The molecule has 0 aromatic rings. The van der Waals surface area contributed by atoms with Crippen LogP contribution in [0, 0.1) is 5.92 Å². The Morgan fingerprint density at radius 3 is 3.00 bits per heavy atom. The molecule has 0 bridgehead atoms. The second kappa shape index (κ2) is 2.74. The maximum absolute atomic E-state index is 11.5. The summed E-state index contributed by atoms with van der Waals surface area (Å²) in [5.74, 6) is 0.422. The minimum atomic E-state index is 0.0684. The molecule has 0 aromatic heterocycles. The van der Waals surface area contributed by atoms with E-state index in [4.69, 9.17) is 11.6 Å². The van der Waals surface area contributed by atoms with Gasteiger partial charge in [0.1, 0.15) is 0 Å². The van der Waals surface area contributed by atoms with E-state index in [1.54, 1.807) is 0 Å². The van der Waals surface area contributed by atoms with Gasteiger partial charge in [0.2, 0.25) is 0 Å². The molecule has 0 saturated carbocycles. The second-order valence-corrected chi connectivity index (χ2v) is 4.04. The fraction of sp³-hybridized carbons (Fsp3) is 0.500. The highest BCUT2D eigenvalue weighted by Crippen LogP contribution is 2.36. The Balaban J connectivity index is 2.39. The van der Waals surface area contributed by atoms with Gasteiger partial charge in [0, 0.05) is 11.5 Å². The molecule has 0 fully saturated rings. The van der Waals surface area contributed by atoms with Gasteiger partial charge in [0.05, 0.1) is 5.38 Å². The summed E-state index contributed by atoms with van der Waals surface area (Å²) in [7, 11) is 0. The minimum absolute atomic E-state index is 0.0684. The third-order valence-electron chi connectivity index (χ3n) is 2.59. The van der Waals surface area contributed by atoms with Crippen LogP contribution in [0.25, 0.3) is 0 Å². The first-order valence-corrected chi connectivity index (χ1v) is 4.71. The van der Waals surface area contributed by atoms with E-state index in [0.29, 0.717) is 0 Å². The maximum Gasteiger partial charge on any atom is 0.165 e. The SMILES string of the molecule is CC1CC2=C(C=CCC2Cl)C1=O. The number of allylic oxidation sites excluding steroid dienone is 4. The molecule has 0 N–H and O–H groups in total. The van der Waals surface area contributed by atoms with Gasteiger partial charge in [0.25, 0.3) is 0 Å². The lowest BCUT2D eigenvalue weighted by atomic mass is 10.00. The van der Waals surface area contributed by atoms with Crippen molar-refractivity contribution in [3.05, 3.63) is 23.3 Å². The number of hydrogen-bond acceptors (Lipinski definition) is 1. The average molecular weight is 183 g/mol. The number of halogens is 1. The van der Waals surface area contributed by atoms with Gasteiger partial charge in [-0.15, -0.1) is 11.6 Å². The number of alkyl halides is 1. The van der Waals surface area contributed by atoms with Gasteiger partial charge in [-0.1, -0.05) is 19.1 Å². The van der Waals surface area contributed by atoms with Crippen molar-refractivity contribution in [1.29, 1.82) is 0 Å². The lowest BCUT2D eigenvalue weighted by Crippen LogP contribution is -2.06. The summed E-state index contributed by atoms with van der Waals surface area (Å²) in [6.07, 6.45) is 5.67. The molecule has 0 heterocycles. The quantitative estimate of drug-likeness (QED) is 0.526. The van der Waals surface area contributed by atoms with E-state index < -0.39 is 0 Å². The Bertz CT molecular complexity index is 288. The summed E-state index contributed by atoms with van der Waals surface area (Å²) >= 11 is 6.09. The molecule has 2 aliphatic carbocycles. The Hall–Kier alpha value is -0.560. The van der Waals surface area contributed by atoms with Crippen molar-refractivity contribution < 1.29 is 4.79 Å². The molecule has 2 heteroatoms. The van der Waals surface area contributed by atoms with Gasteiger partial charge >= 0.3 is 0 Å². The first-order chi connectivity index (χ1) is 5.70. The van der Waals surface area contributed by atoms with E-state index in [0.717, 1.165) is 24.0 Å². The van der Waals surface area contributed by atoms with Gasteiger partial charge in [0.15, 0.2) is 5.78 Å². The van der Waals surface area contributed by atoms with Crippen molar-refractivity contribution in [1.82, 2.24) is 0 Å². The van der Waals surface area contributed by atoms with Crippen LogP contribution in [0.4, 0.5) is 0 Å². The molecule has 1 nitrogen and oxygen atoms in total. The summed E-state index contributed by atoms with van der Waals surface area (Å²) in [6, 6.07) is 0. The number of carbonyl (C=O) groups is 1. The smallest absolute Gasteiger partial charge is 0.165 e. The van der Waals surface area contributed by atoms with Gasteiger partial charge in [-0.05, 0) is 18.4 Å². The molecular weight excluding hydrogens is 172 g/mol. The third-order valence-corrected chi connectivity index (χ3v) is 3.03. The Labute approximate surface area is 77.1 Å². The molecule has 0 aromatic carbocycles. The van der Waals surface area contributed by atoms with Crippen LogP contribution in [-0.2, 0) is 4.79 Å². The molecule has 64 valence electrons. The van der Waals surface area contributed by atoms with Gasteiger partial charge in [-0.2, -0.15) is 0 Å². The van der Waals surface area contributed by atoms with E-state index in [-0.39, 0.29) is 17.1 Å². The predicted molar refractivity (Wildman–Crippen MR) is 49.2 cm³/mol. The molecule has 0 saturated heterocycles. The van der Waals surface area contributed by atoms with E-state index in [9.17, 15) is 4.79 Å². The number of carbonyl (C=O) groups excluding carboxylic acids is 1. The number of hydrogen-bond donors (Lipinski definition) is 0. The first kappa shape index (κ1) is 8.06. The Kier molecular flexibility index (Phi) is 1.84. The fourth-order valence-electron chi connectivity index (χ4n) is 1.89. The molecule has 0 spiro atoms.